The molecule has 22 heavy (non-hydrogen) atoms. The molecule has 5 heteroatoms. The van der Waals surface area contributed by atoms with Crippen molar-refractivity contribution in [2.24, 2.45) is 5.73 Å². The molecular weight excluding hydrogens is 280 g/mol. The van der Waals surface area contributed by atoms with E-state index in [2.05, 4.69) is 4.98 Å². The van der Waals surface area contributed by atoms with Gasteiger partial charge in [-0.1, -0.05) is 30.3 Å². The molecule has 0 spiro atoms. The number of ether oxygens (including phenoxy) is 1. The molecule has 0 saturated carbocycles. The zero-order valence-corrected chi connectivity index (χ0v) is 11.7. The number of H-pyrrole nitrogens is 1. The van der Waals surface area contributed by atoms with Crippen LogP contribution >= 0.6 is 0 Å². The summed E-state index contributed by atoms with van der Waals surface area (Å²) in [5.41, 5.74) is 7.68. The number of esters is 1. The molecular formula is C17H14N2O3. The number of aromatic nitrogens is 1. The lowest BCUT2D eigenvalue weighted by Crippen LogP contribution is -2.11. The van der Waals surface area contributed by atoms with Gasteiger partial charge in [-0.25, -0.2) is 4.79 Å². The van der Waals surface area contributed by atoms with Gasteiger partial charge in [0.2, 0.25) is 5.91 Å². The zero-order chi connectivity index (χ0) is 15.5. The van der Waals surface area contributed by atoms with Crippen molar-refractivity contribution in [1.82, 2.24) is 4.98 Å². The van der Waals surface area contributed by atoms with E-state index in [0.29, 0.717) is 11.3 Å². The second-order valence-electron chi connectivity index (χ2n) is 4.91. The highest BCUT2D eigenvalue weighted by Gasteiger charge is 2.11. The van der Waals surface area contributed by atoms with Crippen molar-refractivity contribution in [1.29, 1.82) is 0 Å². The van der Waals surface area contributed by atoms with E-state index in [1.807, 2.05) is 24.3 Å². The minimum atomic E-state index is -0.485. The van der Waals surface area contributed by atoms with Crippen LogP contribution in [0.3, 0.4) is 0 Å². The van der Waals surface area contributed by atoms with Crippen molar-refractivity contribution in [3.63, 3.8) is 0 Å². The summed E-state index contributed by atoms with van der Waals surface area (Å²) in [5, 5.41) is 0.959. The molecule has 0 saturated heterocycles. The summed E-state index contributed by atoms with van der Waals surface area (Å²) in [6.07, 6.45) is 0. The van der Waals surface area contributed by atoms with E-state index in [1.54, 1.807) is 30.3 Å². The van der Waals surface area contributed by atoms with E-state index >= 15 is 0 Å². The minimum Gasteiger partial charge on any atom is -0.456 e. The Morgan fingerprint density at radius 2 is 1.77 bits per heavy atom. The number of carbonyl (C=O) groups excluding carboxylic acids is 2. The summed E-state index contributed by atoms with van der Waals surface area (Å²) < 4.78 is 5.26. The maximum Gasteiger partial charge on any atom is 0.355 e. The third-order valence-corrected chi connectivity index (χ3v) is 3.36. The molecule has 0 aliphatic carbocycles. The monoisotopic (exact) mass is 294 g/mol. The Morgan fingerprint density at radius 3 is 2.45 bits per heavy atom. The number of nitrogens with two attached hydrogens (primary N) is 1. The number of nitrogens with one attached hydrogen (secondary N) is 1. The Morgan fingerprint density at radius 1 is 1.05 bits per heavy atom. The van der Waals surface area contributed by atoms with Gasteiger partial charge in [0, 0.05) is 16.5 Å². The van der Waals surface area contributed by atoms with Crippen molar-refractivity contribution >= 4 is 22.8 Å². The Balaban J connectivity index is 1.67. The van der Waals surface area contributed by atoms with Crippen LogP contribution in [-0.2, 0) is 11.3 Å². The van der Waals surface area contributed by atoms with Crippen molar-refractivity contribution in [2.75, 3.05) is 0 Å². The molecule has 0 aliphatic rings. The number of hydrogen-bond acceptors (Lipinski definition) is 3. The maximum absolute atomic E-state index is 12.0. The Kier molecular flexibility index (Phi) is 3.62. The Bertz CT molecular complexity index is 801. The summed E-state index contributed by atoms with van der Waals surface area (Å²) in [4.78, 5) is 26.0. The van der Waals surface area contributed by atoms with Gasteiger partial charge in [0.25, 0.3) is 0 Å². The van der Waals surface area contributed by atoms with Crippen LogP contribution in [0.15, 0.2) is 54.6 Å². The molecule has 0 aliphatic heterocycles. The number of carbonyl (C=O) groups is 2. The molecule has 2 aromatic carbocycles. The molecule has 3 N–H and O–H groups in total. The van der Waals surface area contributed by atoms with Crippen molar-refractivity contribution in [3.8, 4) is 0 Å². The molecule has 3 aromatic rings. The Hall–Kier alpha value is -3.08. The number of amides is 1. The summed E-state index contributed by atoms with van der Waals surface area (Å²) >= 11 is 0. The van der Waals surface area contributed by atoms with Gasteiger partial charge < -0.3 is 15.5 Å². The molecule has 110 valence electrons. The summed E-state index contributed by atoms with van der Waals surface area (Å²) in [5.74, 6) is -0.906. The number of para-hydroxylation sites is 1. The number of hydrogen-bond donors (Lipinski definition) is 2. The first-order valence-corrected chi connectivity index (χ1v) is 6.77. The van der Waals surface area contributed by atoms with E-state index in [-0.39, 0.29) is 6.61 Å². The van der Waals surface area contributed by atoms with Gasteiger partial charge in [0.05, 0.1) is 0 Å². The van der Waals surface area contributed by atoms with Gasteiger partial charge in [-0.2, -0.15) is 0 Å². The number of rotatable bonds is 4. The zero-order valence-electron chi connectivity index (χ0n) is 11.7. The first-order valence-electron chi connectivity index (χ1n) is 6.77. The van der Waals surface area contributed by atoms with Crippen LogP contribution in [0, 0.1) is 0 Å². The third-order valence-electron chi connectivity index (χ3n) is 3.36. The third kappa shape index (κ3) is 2.83. The van der Waals surface area contributed by atoms with E-state index in [9.17, 15) is 9.59 Å². The van der Waals surface area contributed by atoms with E-state index in [1.165, 1.54) is 0 Å². The number of fused-ring (bicyclic) bond motifs is 1. The Labute approximate surface area is 126 Å². The average Bonchev–Trinajstić information content (AvgIpc) is 2.97. The number of primary amides is 1. The van der Waals surface area contributed by atoms with Crippen LogP contribution in [0.4, 0.5) is 0 Å². The van der Waals surface area contributed by atoms with Crippen molar-refractivity contribution < 1.29 is 14.3 Å². The van der Waals surface area contributed by atoms with Crippen LogP contribution in [0.5, 0.6) is 0 Å². The van der Waals surface area contributed by atoms with Gasteiger partial charge in [0.1, 0.15) is 12.3 Å². The van der Waals surface area contributed by atoms with Gasteiger partial charge in [-0.05, 0) is 29.8 Å². The molecule has 1 aromatic heterocycles. The fourth-order valence-electron chi connectivity index (χ4n) is 2.18. The van der Waals surface area contributed by atoms with Gasteiger partial charge in [-0.3, -0.25) is 4.79 Å². The lowest BCUT2D eigenvalue weighted by molar-refractivity contribution is 0.0466. The fraction of sp³-hybridized carbons (Fsp3) is 0.0588. The molecule has 0 bridgehead atoms. The molecule has 0 fully saturated rings. The summed E-state index contributed by atoms with van der Waals surface area (Å²) in [6.45, 7) is 0.132. The molecule has 1 heterocycles. The highest BCUT2D eigenvalue weighted by atomic mass is 16.5. The highest BCUT2D eigenvalue weighted by Crippen LogP contribution is 2.16. The second kappa shape index (κ2) is 5.73. The topological polar surface area (TPSA) is 85.2 Å². The van der Waals surface area contributed by atoms with Gasteiger partial charge in [0.15, 0.2) is 0 Å². The summed E-state index contributed by atoms with van der Waals surface area (Å²) in [6, 6.07) is 16.0. The second-order valence-corrected chi connectivity index (χ2v) is 4.91. The quantitative estimate of drug-likeness (QED) is 0.725. The largest absolute Gasteiger partial charge is 0.456 e. The normalized spacial score (nSPS) is 10.5. The standard InChI is InChI=1S/C17H14N2O3/c18-16(20)12-7-5-11(6-8-12)10-22-17(21)15-9-13-3-1-2-4-14(13)19-15/h1-9,19H,10H2,(H2,18,20). The predicted octanol–water partition coefficient (Wildman–Crippen LogP) is 2.62. The molecule has 0 radical (unpaired) electrons. The van der Waals surface area contributed by atoms with Gasteiger partial charge >= 0.3 is 5.97 Å². The van der Waals surface area contributed by atoms with Crippen molar-refractivity contribution in [2.45, 2.75) is 6.61 Å². The van der Waals surface area contributed by atoms with Gasteiger partial charge in [-0.15, -0.1) is 0 Å². The van der Waals surface area contributed by atoms with E-state index in [0.717, 1.165) is 16.5 Å². The average molecular weight is 294 g/mol. The molecule has 5 nitrogen and oxygen atoms in total. The molecule has 0 atom stereocenters. The molecule has 0 unspecified atom stereocenters. The smallest absolute Gasteiger partial charge is 0.355 e. The maximum atomic E-state index is 12.0. The number of aromatic amines is 1. The fourth-order valence-corrected chi connectivity index (χ4v) is 2.18. The van der Waals surface area contributed by atoms with E-state index < -0.39 is 11.9 Å². The SMILES string of the molecule is NC(=O)c1ccc(COC(=O)c2cc3ccccc3[nH]2)cc1. The van der Waals surface area contributed by atoms with Crippen LogP contribution in [-0.4, -0.2) is 16.9 Å². The van der Waals surface area contributed by atoms with Crippen LogP contribution < -0.4 is 5.73 Å². The summed E-state index contributed by atoms with van der Waals surface area (Å²) in [7, 11) is 0. The lowest BCUT2D eigenvalue weighted by Gasteiger charge is -2.04. The minimum absolute atomic E-state index is 0.132. The van der Waals surface area contributed by atoms with Crippen LogP contribution in [0.1, 0.15) is 26.4 Å². The number of benzene rings is 2. The molecule has 3 rings (SSSR count). The van der Waals surface area contributed by atoms with Crippen LogP contribution in [0.2, 0.25) is 0 Å². The highest BCUT2D eigenvalue weighted by molar-refractivity contribution is 5.95. The molecule has 1 amide bonds. The lowest BCUT2D eigenvalue weighted by atomic mass is 10.1. The van der Waals surface area contributed by atoms with Crippen molar-refractivity contribution in [3.05, 3.63) is 71.4 Å². The van der Waals surface area contributed by atoms with E-state index in [4.69, 9.17) is 10.5 Å². The first-order chi connectivity index (χ1) is 10.6. The predicted molar refractivity (Wildman–Crippen MR) is 82.4 cm³/mol. The first kappa shape index (κ1) is 13.9. The van der Waals surface area contributed by atoms with Crippen LogP contribution in [0.25, 0.3) is 10.9 Å².